The highest BCUT2D eigenvalue weighted by Crippen LogP contribution is 2.34. The number of nitrogens with one attached hydrogen (secondary N) is 2. The van der Waals surface area contributed by atoms with Crippen LogP contribution in [0.15, 0.2) is 82.9 Å². The Balaban J connectivity index is 0.000000478. The normalized spacial score (nSPS) is 11.8. The van der Waals surface area contributed by atoms with E-state index < -0.39 is 5.91 Å². The molecule has 4 aromatic carbocycles. The van der Waals surface area contributed by atoms with Crippen LogP contribution in [0.1, 0.15) is 114 Å². The molecule has 0 saturated heterocycles. The number of aldehydes is 1. The number of aromatic nitrogens is 3. The van der Waals surface area contributed by atoms with Crippen LogP contribution in [0.5, 0.6) is 34.5 Å². The second-order valence-electron chi connectivity index (χ2n) is 18.4. The molecule has 69 heavy (non-hydrogen) atoms. The SMILES string of the molecule is CNc1cc(OCCCCCCCCOc2cc(NC(=O)/C(=N/N)C(C)=Nc3cc(OC)ccc3OC)cc(C(C)(C)C)c2)cc(C(C)(C)C)c1.COc1ccc(OC)c(-n2nnc(C=O)c2C)c1. The summed E-state index contributed by atoms with van der Waals surface area (Å²) in [5.74, 6) is 9.25. The van der Waals surface area contributed by atoms with Crippen molar-refractivity contribution in [3.05, 3.63) is 95.3 Å². The molecular weight excluding hydrogens is 877 g/mol. The lowest BCUT2D eigenvalue weighted by Crippen LogP contribution is -2.30. The number of hydrogen-bond donors (Lipinski definition) is 3. The number of carbonyl (C=O) groups excluding carboxylic acids is 2. The minimum Gasteiger partial charge on any atom is -0.497 e. The second-order valence-corrected chi connectivity index (χ2v) is 18.4. The summed E-state index contributed by atoms with van der Waals surface area (Å²) in [6.07, 6.45) is 7.14. The Morgan fingerprint density at radius 3 is 1.71 bits per heavy atom. The molecule has 0 radical (unpaired) electrons. The fourth-order valence-electron chi connectivity index (χ4n) is 7.00. The smallest absolute Gasteiger partial charge is 0.277 e. The third-order valence-corrected chi connectivity index (χ3v) is 11.2. The molecule has 372 valence electrons. The van der Waals surface area contributed by atoms with Crippen LogP contribution in [-0.2, 0) is 15.6 Å². The van der Waals surface area contributed by atoms with Gasteiger partial charge in [0.05, 0.1) is 53.1 Å². The summed E-state index contributed by atoms with van der Waals surface area (Å²) in [6, 6.07) is 22.8. The van der Waals surface area contributed by atoms with Gasteiger partial charge in [0.25, 0.3) is 5.91 Å². The fraction of sp³-hybridized carbons (Fsp3) is 0.434. The molecule has 1 amide bonds. The van der Waals surface area contributed by atoms with Gasteiger partial charge in [0.15, 0.2) is 12.0 Å². The van der Waals surface area contributed by atoms with Crippen molar-refractivity contribution in [2.45, 2.75) is 105 Å². The molecule has 0 spiro atoms. The monoisotopic (exact) mass is 949 g/mol. The summed E-state index contributed by atoms with van der Waals surface area (Å²) >= 11 is 0. The van der Waals surface area contributed by atoms with E-state index in [9.17, 15) is 9.59 Å². The van der Waals surface area contributed by atoms with Crippen molar-refractivity contribution in [2.75, 3.05) is 59.3 Å². The van der Waals surface area contributed by atoms with Crippen molar-refractivity contribution < 1.29 is 38.0 Å². The van der Waals surface area contributed by atoms with E-state index in [1.54, 1.807) is 83.4 Å². The van der Waals surface area contributed by atoms with E-state index in [1.165, 1.54) is 5.56 Å². The Labute approximate surface area is 408 Å². The van der Waals surface area contributed by atoms with Crippen LogP contribution in [0.2, 0.25) is 0 Å². The molecule has 0 unspecified atom stereocenters. The standard InChI is InChI=1S/C41H59N5O5.C12H13N3O3/c1-28(44-36-27-33(48-9)17-18-37(36)49-10)38(46-42)39(47)45-32-22-30(41(5,6)7)24-35(26-32)51-20-16-14-12-11-13-15-19-50-34-23-29(40(2,3)4)21-31(25-34)43-8;1-8-10(7-16)13-14-15(8)11-6-9(17-2)4-5-12(11)18-3/h17-18,21-27,43H,11-16,19-20,42H2,1-10H3,(H,45,47);4-7H,1-3H3/b44-28?,46-38+;. The van der Waals surface area contributed by atoms with Crippen molar-refractivity contribution in [3.63, 3.8) is 0 Å². The van der Waals surface area contributed by atoms with E-state index >= 15 is 0 Å². The number of hydrazone groups is 1. The average Bonchev–Trinajstić information content (AvgIpc) is 3.70. The average molecular weight is 949 g/mol. The summed E-state index contributed by atoms with van der Waals surface area (Å²) in [7, 11) is 8.21. The Morgan fingerprint density at radius 2 is 1.22 bits per heavy atom. The number of hydrogen-bond acceptors (Lipinski definition) is 14. The van der Waals surface area contributed by atoms with Gasteiger partial charge in [0, 0.05) is 42.7 Å². The van der Waals surface area contributed by atoms with E-state index in [1.807, 2.05) is 25.2 Å². The Hall–Kier alpha value is -7.10. The molecule has 1 aromatic heterocycles. The number of aliphatic imine (C=N–C) groups is 1. The molecule has 0 aliphatic heterocycles. The predicted molar refractivity (Wildman–Crippen MR) is 276 cm³/mol. The van der Waals surface area contributed by atoms with Crippen molar-refractivity contribution in [2.24, 2.45) is 15.9 Å². The van der Waals surface area contributed by atoms with Gasteiger partial charge >= 0.3 is 0 Å². The van der Waals surface area contributed by atoms with E-state index in [-0.39, 0.29) is 16.5 Å². The first-order valence-corrected chi connectivity index (χ1v) is 23.1. The lowest BCUT2D eigenvalue weighted by Gasteiger charge is -2.22. The van der Waals surface area contributed by atoms with Crippen LogP contribution in [0.25, 0.3) is 5.69 Å². The van der Waals surface area contributed by atoms with Crippen molar-refractivity contribution in [1.82, 2.24) is 15.0 Å². The number of nitrogens with zero attached hydrogens (tertiary/aromatic N) is 5. The van der Waals surface area contributed by atoms with Gasteiger partial charge in [-0.05, 0) is 97.2 Å². The van der Waals surface area contributed by atoms with Gasteiger partial charge in [0.1, 0.15) is 51.6 Å². The zero-order chi connectivity index (χ0) is 50.7. The van der Waals surface area contributed by atoms with Gasteiger partial charge in [-0.15, -0.1) is 5.10 Å². The van der Waals surface area contributed by atoms with Gasteiger partial charge < -0.3 is 44.9 Å². The van der Waals surface area contributed by atoms with Crippen LogP contribution < -0.4 is 44.9 Å². The molecule has 5 aromatic rings. The molecule has 5 rings (SSSR count). The molecule has 0 bridgehead atoms. The first kappa shape index (κ1) is 54.5. The predicted octanol–water partition coefficient (Wildman–Crippen LogP) is 10.6. The lowest BCUT2D eigenvalue weighted by molar-refractivity contribution is -0.110. The van der Waals surface area contributed by atoms with Gasteiger partial charge in [-0.3, -0.25) is 9.59 Å². The van der Waals surface area contributed by atoms with Crippen LogP contribution in [0, 0.1) is 6.92 Å². The highest BCUT2D eigenvalue weighted by molar-refractivity contribution is 6.68. The summed E-state index contributed by atoms with van der Waals surface area (Å²) in [5, 5.41) is 17.7. The van der Waals surface area contributed by atoms with E-state index in [0.717, 1.165) is 55.5 Å². The topological polar surface area (TPSA) is 195 Å². The molecule has 16 nitrogen and oxygen atoms in total. The number of ether oxygens (including phenoxy) is 6. The molecule has 0 aliphatic carbocycles. The third-order valence-electron chi connectivity index (χ3n) is 11.2. The van der Waals surface area contributed by atoms with Gasteiger partial charge in [-0.1, -0.05) is 72.4 Å². The number of carbonyl (C=O) groups is 2. The number of amides is 1. The van der Waals surface area contributed by atoms with Crippen molar-refractivity contribution >= 4 is 40.7 Å². The number of benzene rings is 4. The van der Waals surface area contributed by atoms with Crippen molar-refractivity contribution in [1.29, 1.82) is 0 Å². The molecule has 1 heterocycles. The van der Waals surface area contributed by atoms with E-state index in [4.69, 9.17) is 34.3 Å². The molecule has 0 aliphatic rings. The van der Waals surface area contributed by atoms with E-state index in [2.05, 4.69) is 90.8 Å². The highest BCUT2D eigenvalue weighted by atomic mass is 16.5. The summed E-state index contributed by atoms with van der Waals surface area (Å²) in [5.41, 5.74) is 6.29. The maximum absolute atomic E-state index is 13.4. The number of rotatable bonds is 22. The summed E-state index contributed by atoms with van der Waals surface area (Å²) in [6.45, 7) is 17.8. The summed E-state index contributed by atoms with van der Waals surface area (Å²) < 4.78 is 35.0. The summed E-state index contributed by atoms with van der Waals surface area (Å²) in [4.78, 5) is 28.7. The number of unbranched alkanes of at least 4 members (excludes halogenated alkanes) is 5. The molecule has 4 N–H and O–H groups in total. The molecule has 0 atom stereocenters. The third kappa shape index (κ3) is 16.0. The highest BCUT2D eigenvalue weighted by Gasteiger charge is 2.21. The van der Waals surface area contributed by atoms with Gasteiger partial charge in [-0.2, -0.15) is 5.10 Å². The first-order chi connectivity index (χ1) is 32.9. The fourth-order valence-corrected chi connectivity index (χ4v) is 7.00. The zero-order valence-electron chi connectivity index (χ0n) is 42.7. The molecule has 16 heteroatoms. The maximum Gasteiger partial charge on any atom is 0.277 e. The minimum absolute atomic E-state index is 0.00673. The number of nitrogens with two attached hydrogens (primary N) is 1. The number of methoxy groups -OCH3 is 4. The van der Waals surface area contributed by atoms with Gasteiger partial charge in [0.2, 0.25) is 0 Å². The van der Waals surface area contributed by atoms with E-state index in [0.29, 0.717) is 82.4 Å². The lowest BCUT2D eigenvalue weighted by atomic mass is 9.86. The molecule has 0 saturated carbocycles. The minimum atomic E-state index is -0.482. The molecule has 0 fully saturated rings. The van der Waals surface area contributed by atoms with Crippen molar-refractivity contribution in [3.8, 4) is 40.2 Å². The van der Waals surface area contributed by atoms with Crippen LogP contribution in [0.3, 0.4) is 0 Å². The van der Waals surface area contributed by atoms with Crippen LogP contribution in [-0.4, -0.2) is 87.3 Å². The first-order valence-electron chi connectivity index (χ1n) is 23.1. The largest absolute Gasteiger partial charge is 0.497 e. The zero-order valence-corrected chi connectivity index (χ0v) is 42.7. The molecular formula is C53H72N8O8. The second kappa shape index (κ2) is 25.9. The van der Waals surface area contributed by atoms with Crippen LogP contribution >= 0.6 is 0 Å². The Morgan fingerprint density at radius 1 is 0.696 bits per heavy atom. The van der Waals surface area contributed by atoms with Crippen LogP contribution in [0.4, 0.5) is 17.1 Å². The number of anilines is 2. The Bertz CT molecular complexity index is 2540. The van der Waals surface area contributed by atoms with Gasteiger partial charge in [-0.25, -0.2) is 9.67 Å². The maximum atomic E-state index is 13.4. The Kier molecular flexibility index (Phi) is 20.4. The quantitative estimate of drug-likeness (QED) is 0.0196.